The van der Waals surface area contributed by atoms with E-state index in [2.05, 4.69) is 5.32 Å². The number of sulfonamides is 1. The van der Waals surface area contributed by atoms with Crippen molar-refractivity contribution in [1.82, 2.24) is 4.31 Å². The van der Waals surface area contributed by atoms with Crippen LogP contribution in [0.25, 0.3) is 0 Å². The number of hydrogen-bond donors (Lipinski definition) is 1. The third-order valence-corrected chi connectivity index (χ3v) is 7.05. The van der Waals surface area contributed by atoms with Crippen LogP contribution in [0.2, 0.25) is 5.02 Å². The predicted molar refractivity (Wildman–Crippen MR) is 116 cm³/mol. The fraction of sp³-hybridized carbons (Fsp3) is 0.381. The van der Waals surface area contributed by atoms with Crippen LogP contribution in [0, 0.1) is 6.92 Å². The summed E-state index contributed by atoms with van der Waals surface area (Å²) in [6.45, 7) is 4.72. The monoisotopic (exact) mass is 452 g/mol. The molecule has 0 atom stereocenters. The highest BCUT2D eigenvalue weighted by atomic mass is 35.5. The predicted octanol–water partition coefficient (Wildman–Crippen LogP) is 3.85. The molecule has 1 aliphatic heterocycles. The number of carbonyl (C=O) groups excluding carboxylic acids is 1. The number of halogens is 1. The molecule has 30 heavy (non-hydrogen) atoms. The Morgan fingerprint density at radius 3 is 2.53 bits per heavy atom. The molecule has 9 heteroatoms. The van der Waals surface area contributed by atoms with Gasteiger partial charge in [0, 0.05) is 23.8 Å². The third kappa shape index (κ3) is 5.24. The normalized spacial score (nSPS) is 14.5. The fourth-order valence-electron chi connectivity index (χ4n) is 3.18. The number of aryl methyl sites for hydroxylation is 1. The maximum Gasteiger partial charge on any atom is 0.262 e. The Bertz CT molecular complexity index is 1020. The third-order valence-electron chi connectivity index (χ3n) is 4.71. The van der Waals surface area contributed by atoms with E-state index in [0.29, 0.717) is 36.2 Å². The van der Waals surface area contributed by atoms with E-state index in [1.54, 1.807) is 37.3 Å². The van der Waals surface area contributed by atoms with E-state index in [-0.39, 0.29) is 17.3 Å². The smallest absolute Gasteiger partial charge is 0.262 e. The second kappa shape index (κ2) is 9.68. The largest absolute Gasteiger partial charge is 0.492 e. The SMILES string of the molecule is CCOc1ccc(NC(=O)COc2ccc(Cl)c(C)c2)cc1S(=O)(=O)N1CCCC1. The van der Waals surface area contributed by atoms with E-state index < -0.39 is 15.9 Å². The quantitative estimate of drug-likeness (QED) is 0.657. The summed E-state index contributed by atoms with van der Waals surface area (Å²) in [6.07, 6.45) is 1.67. The van der Waals surface area contributed by atoms with Gasteiger partial charge in [0.15, 0.2) is 6.61 Å². The van der Waals surface area contributed by atoms with Crippen LogP contribution in [0.5, 0.6) is 11.5 Å². The molecule has 7 nitrogen and oxygen atoms in total. The highest BCUT2D eigenvalue weighted by Gasteiger charge is 2.30. The molecule has 1 fully saturated rings. The van der Waals surface area contributed by atoms with Crippen LogP contribution in [-0.4, -0.2) is 44.9 Å². The Morgan fingerprint density at radius 1 is 1.13 bits per heavy atom. The Hall–Kier alpha value is -2.29. The Kier molecular flexibility index (Phi) is 7.23. The maximum atomic E-state index is 13.0. The van der Waals surface area contributed by atoms with E-state index in [1.807, 2.05) is 6.92 Å². The van der Waals surface area contributed by atoms with Gasteiger partial charge in [0.2, 0.25) is 10.0 Å². The van der Waals surface area contributed by atoms with Crippen molar-refractivity contribution in [1.29, 1.82) is 0 Å². The molecule has 2 aromatic carbocycles. The van der Waals surface area contributed by atoms with Gasteiger partial charge in [0.05, 0.1) is 6.61 Å². The zero-order valence-electron chi connectivity index (χ0n) is 17.0. The Labute approximate surface area is 182 Å². The summed E-state index contributed by atoms with van der Waals surface area (Å²) in [7, 11) is -3.70. The molecule has 1 amide bonds. The van der Waals surface area contributed by atoms with Gasteiger partial charge in [-0.05, 0) is 68.7 Å². The highest BCUT2D eigenvalue weighted by molar-refractivity contribution is 7.89. The van der Waals surface area contributed by atoms with Crippen LogP contribution in [-0.2, 0) is 14.8 Å². The number of anilines is 1. The van der Waals surface area contributed by atoms with Crippen molar-refractivity contribution in [3.63, 3.8) is 0 Å². The molecule has 0 aliphatic carbocycles. The van der Waals surface area contributed by atoms with Gasteiger partial charge >= 0.3 is 0 Å². The second-order valence-corrected chi connectivity index (χ2v) is 9.27. The van der Waals surface area contributed by atoms with E-state index in [4.69, 9.17) is 21.1 Å². The zero-order valence-corrected chi connectivity index (χ0v) is 18.6. The first-order valence-electron chi connectivity index (χ1n) is 9.77. The zero-order chi connectivity index (χ0) is 21.7. The first-order valence-corrected chi connectivity index (χ1v) is 11.6. The molecule has 3 rings (SSSR count). The van der Waals surface area contributed by atoms with Gasteiger partial charge in [-0.1, -0.05) is 11.6 Å². The molecule has 2 aromatic rings. The molecule has 0 aromatic heterocycles. The van der Waals surface area contributed by atoms with E-state index in [1.165, 1.54) is 10.4 Å². The minimum atomic E-state index is -3.70. The first-order chi connectivity index (χ1) is 14.3. The van der Waals surface area contributed by atoms with Crippen molar-refractivity contribution in [3.8, 4) is 11.5 Å². The van der Waals surface area contributed by atoms with Gasteiger partial charge in [-0.3, -0.25) is 4.79 Å². The number of carbonyl (C=O) groups is 1. The van der Waals surface area contributed by atoms with Crippen LogP contribution in [0.15, 0.2) is 41.3 Å². The second-order valence-electron chi connectivity index (χ2n) is 6.95. The Balaban J connectivity index is 1.74. The molecule has 0 saturated carbocycles. The minimum absolute atomic E-state index is 0.0540. The molecule has 1 N–H and O–H groups in total. The summed E-state index contributed by atoms with van der Waals surface area (Å²) < 4.78 is 38.5. The van der Waals surface area contributed by atoms with Crippen LogP contribution in [0.4, 0.5) is 5.69 Å². The fourth-order valence-corrected chi connectivity index (χ4v) is 4.97. The number of ether oxygens (including phenoxy) is 2. The van der Waals surface area contributed by atoms with Gasteiger partial charge in [0.1, 0.15) is 16.4 Å². The van der Waals surface area contributed by atoms with Gasteiger partial charge in [-0.25, -0.2) is 8.42 Å². The van der Waals surface area contributed by atoms with E-state index in [0.717, 1.165) is 18.4 Å². The summed E-state index contributed by atoms with van der Waals surface area (Å²) >= 11 is 5.99. The van der Waals surface area contributed by atoms with Crippen molar-refractivity contribution in [2.24, 2.45) is 0 Å². The van der Waals surface area contributed by atoms with E-state index >= 15 is 0 Å². The molecule has 0 radical (unpaired) electrons. The first kappa shape index (κ1) is 22.4. The highest BCUT2D eigenvalue weighted by Crippen LogP contribution is 2.31. The molecule has 1 aliphatic rings. The summed E-state index contributed by atoms with van der Waals surface area (Å²) in [4.78, 5) is 12.4. The number of nitrogens with one attached hydrogen (secondary N) is 1. The minimum Gasteiger partial charge on any atom is -0.492 e. The van der Waals surface area contributed by atoms with Crippen molar-refractivity contribution < 1.29 is 22.7 Å². The molecular formula is C21H25ClN2O5S. The average Bonchev–Trinajstić information content (AvgIpc) is 3.26. The molecule has 0 unspecified atom stereocenters. The van der Waals surface area contributed by atoms with Gasteiger partial charge in [-0.2, -0.15) is 4.31 Å². The van der Waals surface area contributed by atoms with Gasteiger partial charge in [-0.15, -0.1) is 0 Å². The van der Waals surface area contributed by atoms with Crippen molar-refractivity contribution in [2.45, 2.75) is 31.6 Å². The van der Waals surface area contributed by atoms with Crippen LogP contribution < -0.4 is 14.8 Å². The van der Waals surface area contributed by atoms with Gasteiger partial charge in [0.25, 0.3) is 5.91 Å². The number of amides is 1. The lowest BCUT2D eigenvalue weighted by Gasteiger charge is -2.19. The van der Waals surface area contributed by atoms with Gasteiger partial charge < -0.3 is 14.8 Å². The molecule has 0 bridgehead atoms. The molecule has 1 saturated heterocycles. The Morgan fingerprint density at radius 2 is 1.87 bits per heavy atom. The number of nitrogens with zero attached hydrogens (tertiary/aromatic N) is 1. The lowest BCUT2D eigenvalue weighted by molar-refractivity contribution is -0.118. The van der Waals surface area contributed by atoms with Crippen LogP contribution in [0.1, 0.15) is 25.3 Å². The van der Waals surface area contributed by atoms with Crippen molar-refractivity contribution in [2.75, 3.05) is 31.6 Å². The molecule has 162 valence electrons. The number of hydrogen-bond acceptors (Lipinski definition) is 5. The molecule has 1 heterocycles. The lowest BCUT2D eigenvalue weighted by Crippen LogP contribution is -2.28. The number of benzene rings is 2. The topological polar surface area (TPSA) is 84.9 Å². The van der Waals surface area contributed by atoms with Crippen molar-refractivity contribution in [3.05, 3.63) is 47.0 Å². The maximum absolute atomic E-state index is 13.0. The average molecular weight is 453 g/mol. The van der Waals surface area contributed by atoms with Crippen molar-refractivity contribution >= 4 is 33.2 Å². The summed E-state index contributed by atoms with van der Waals surface area (Å²) in [6, 6.07) is 9.73. The van der Waals surface area contributed by atoms with Crippen LogP contribution >= 0.6 is 11.6 Å². The molecular weight excluding hydrogens is 428 g/mol. The van der Waals surface area contributed by atoms with Crippen LogP contribution in [0.3, 0.4) is 0 Å². The lowest BCUT2D eigenvalue weighted by atomic mass is 10.2. The summed E-state index contributed by atoms with van der Waals surface area (Å²) in [5.41, 5.74) is 1.20. The number of rotatable bonds is 8. The van der Waals surface area contributed by atoms with E-state index in [9.17, 15) is 13.2 Å². The summed E-state index contributed by atoms with van der Waals surface area (Å²) in [5.74, 6) is 0.391. The standard InChI is InChI=1S/C21H25ClN2O5S/c1-3-28-19-9-6-16(13-20(19)30(26,27)24-10-4-5-11-24)23-21(25)14-29-17-7-8-18(22)15(2)12-17/h6-9,12-13H,3-5,10-11,14H2,1-2H3,(H,23,25). The molecule has 0 spiro atoms. The summed E-state index contributed by atoms with van der Waals surface area (Å²) in [5, 5.41) is 3.30.